The fourth-order valence-corrected chi connectivity index (χ4v) is 2.25. The molecule has 1 aromatic carbocycles. The van der Waals surface area contributed by atoms with Crippen LogP contribution in [0.1, 0.15) is 10.4 Å². The van der Waals surface area contributed by atoms with E-state index in [2.05, 4.69) is 10.1 Å². The van der Waals surface area contributed by atoms with Crippen LogP contribution in [0.5, 0.6) is 5.75 Å². The van der Waals surface area contributed by atoms with Crippen LogP contribution < -0.4 is 20.9 Å². The second-order valence-corrected chi connectivity index (χ2v) is 4.26. The van der Waals surface area contributed by atoms with E-state index in [4.69, 9.17) is 4.74 Å². The first-order chi connectivity index (χ1) is 8.60. The number of methoxy groups -OCH3 is 2. The van der Waals surface area contributed by atoms with E-state index in [0.717, 1.165) is 0 Å². The zero-order valence-electron chi connectivity index (χ0n) is 9.60. The summed E-state index contributed by atoms with van der Waals surface area (Å²) in [6, 6.07) is 1.57. The van der Waals surface area contributed by atoms with Gasteiger partial charge in [0, 0.05) is 0 Å². The van der Waals surface area contributed by atoms with E-state index in [1.807, 2.05) is 0 Å². The van der Waals surface area contributed by atoms with Gasteiger partial charge in [0.05, 0.1) is 19.8 Å². The van der Waals surface area contributed by atoms with Crippen LogP contribution in [0.2, 0.25) is 0 Å². The molecule has 1 heterocycles. The molecule has 0 aliphatic rings. The molecule has 7 heteroatoms. The van der Waals surface area contributed by atoms with Crippen molar-refractivity contribution in [3.05, 3.63) is 37.5 Å². The van der Waals surface area contributed by atoms with Gasteiger partial charge in [0.1, 0.15) is 10.7 Å². The highest BCUT2D eigenvalue weighted by Crippen LogP contribution is 2.29. The van der Waals surface area contributed by atoms with Gasteiger partial charge in [-0.25, -0.2) is 4.79 Å². The van der Waals surface area contributed by atoms with Gasteiger partial charge in [-0.3, -0.25) is 9.59 Å². The molecule has 0 unspecified atom stereocenters. The number of carbonyl (C=O) groups excluding carboxylic acids is 1. The lowest BCUT2D eigenvalue weighted by atomic mass is 10.2. The maximum Gasteiger partial charge on any atom is 0.340 e. The predicted octanol–water partition coefficient (Wildman–Crippen LogP) is 0.883. The average Bonchev–Trinajstić information content (AvgIpc) is 2.85. The van der Waals surface area contributed by atoms with Gasteiger partial charge in [-0.2, -0.15) is 0 Å². The van der Waals surface area contributed by atoms with Gasteiger partial charge in [0.15, 0.2) is 5.75 Å². The second kappa shape index (κ2) is 4.61. The van der Waals surface area contributed by atoms with Crippen molar-refractivity contribution in [2.75, 3.05) is 19.5 Å². The fraction of sp³-hybridized carbons (Fsp3) is 0.182. The summed E-state index contributed by atoms with van der Waals surface area (Å²) in [4.78, 5) is 33.9. The summed E-state index contributed by atoms with van der Waals surface area (Å²) in [6.45, 7) is 0. The normalized spacial score (nSPS) is 10.3. The van der Waals surface area contributed by atoms with Crippen molar-refractivity contribution in [2.24, 2.45) is 0 Å². The van der Waals surface area contributed by atoms with Crippen molar-refractivity contribution in [1.82, 2.24) is 0 Å². The van der Waals surface area contributed by atoms with Gasteiger partial charge in [0.2, 0.25) is 0 Å². The number of carbonyl (C=O) groups is 1. The lowest BCUT2D eigenvalue weighted by molar-refractivity contribution is 0.0602. The van der Waals surface area contributed by atoms with Crippen molar-refractivity contribution in [2.45, 2.75) is 0 Å². The van der Waals surface area contributed by atoms with Crippen LogP contribution >= 0.6 is 11.3 Å². The molecule has 0 bridgehead atoms. The van der Waals surface area contributed by atoms with Crippen LogP contribution in [-0.4, -0.2) is 20.2 Å². The Morgan fingerprint density at radius 1 is 1.28 bits per heavy atom. The third kappa shape index (κ3) is 1.78. The molecule has 18 heavy (non-hydrogen) atoms. The first kappa shape index (κ1) is 12.3. The van der Waals surface area contributed by atoms with Crippen molar-refractivity contribution in [1.29, 1.82) is 0 Å². The van der Waals surface area contributed by atoms with Crippen molar-refractivity contribution in [3.8, 4) is 5.75 Å². The minimum absolute atomic E-state index is 0.0239. The number of nitrogens with one attached hydrogen (secondary N) is 1. The van der Waals surface area contributed by atoms with E-state index in [9.17, 15) is 14.4 Å². The number of ether oxygens (including phenoxy) is 2. The van der Waals surface area contributed by atoms with E-state index < -0.39 is 16.8 Å². The molecule has 1 N–H and O–H groups in total. The Morgan fingerprint density at radius 3 is 2.61 bits per heavy atom. The Labute approximate surface area is 105 Å². The summed E-state index contributed by atoms with van der Waals surface area (Å²) in [7, 11) is 2.57. The quantitative estimate of drug-likeness (QED) is 0.654. The van der Waals surface area contributed by atoms with E-state index >= 15 is 0 Å². The lowest BCUT2D eigenvalue weighted by Gasteiger charge is -2.11. The number of thiophene rings is 1. The van der Waals surface area contributed by atoms with E-state index in [1.165, 1.54) is 25.6 Å². The Bertz CT molecular complexity index is 665. The van der Waals surface area contributed by atoms with E-state index in [0.29, 0.717) is 10.6 Å². The monoisotopic (exact) mass is 267 g/mol. The Balaban J connectivity index is 2.33. The molecule has 0 aliphatic heterocycles. The van der Waals surface area contributed by atoms with Crippen molar-refractivity contribution >= 4 is 28.0 Å². The highest BCUT2D eigenvalue weighted by atomic mass is 32.1. The lowest BCUT2D eigenvalue weighted by Crippen LogP contribution is -2.34. The molecule has 6 nitrogen and oxygen atoms in total. The molecule has 0 spiro atoms. The van der Waals surface area contributed by atoms with E-state index in [-0.39, 0.29) is 11.4 Å². The number of hydrogen-bond acceptors (Lipinski definition) is 7. The van der Waals surface area contributed by atoms with Gasteiger partial charge < -0.3 is 14.8 Å². The zero-order valence-corrected chi connectivity index (χ0v) is 10.4. The molecular formula is C11H9NO5S. The molecule has 0 saturated heterocycles. The SMILES string of the molecule is COC(=O)c1ccsc1Nc1c(OC)c(=O)c1=O. The van der Waals surface area contributed by atoms with Crippen LogP contribution in [0.4, 0.5) is 10.7 Å². The second-order valence-electron chi connectivity index (χ2n) is 3.35. The first-order valence-electron chi connectivity index (χ1n) is 4.90. The van der Waals surface area contributed by atoms with Gasteiger partial charge in [0.25, 0.3) is 10.9 Å². The maximum atomic E-state index is 11.4. The van der Waals surface area contributed by atoms with Crippen LogP contribution in [0, 0.1) is 0 Å². The molecule has 0 fully saturated rings. The number of hydrogen-bond donors (Lipinski definition) is 1. The van der Waals surface area contributed by atoms with E-state index in [1.54, 1.807) is 11.4 Å². The molecule has 0 radical (unpaired) electrons. The standard InChI is InChI=1S/C11H9NO5S/c1-16-9-6(7(13)8(9)14)12-10-5(3-4-18-10)11(15)17-2/h3-4,12H,1-2H3. The summed E-state index contributed by atoms with van der Waals surface area (Å²) in [5, 5.41) is 4.84. The summed E-state index contributed by atoms with van der Waals surface area (Å²) >= 11 is 1.22. The summed E-state index contributed by atoms with van der Waals surface area (Å²) in [6.07, 6.45) is 0. The smallest absolute Gasteiger partial charge is 0.340 e. The molecule has 2 aromatic rings. The number of esters is 1. The molecular weight excluding hydrogens is 258 g/mol. The molecule has 0 aliphatic carbocycles. The third-order valence-electron chi connectivity index (χ3n) is 2.38. The van der Waals surface area contributed by atoms with Crippen LogP contribution in [0.25, 0.3) is 0 Å². The van der Waals surface area contributed by atoms with Crippen molar-refractivity contribution < 1.29 is 14.3 Å². The minimum atomic E-state index is -0.670. The predicted molar refractivity (Wildman–Crippen MR) is 66.8 cm³/mol. The van der Waals surface area contributed by atoms with Gasteiger partial charge >= 0.3 is 5.97 Å². The van der Waals surface area contributed by atoms with Crippen LogP contribution in [0.15, 0.2) is 21.0 Å². The molecule has 0 atom stereocenters. The molecule has 1 aromatic heterocycles. The zero-order chi connectivity index (χ0) is 13.3. The molecule has 2 rings (SSSR count). The summed E-state index contributed by atoms with van der Waals surface area (Å²) in [5.41, 5.74) is -0.958. The summed E-state index contributed by atoms with van der Waals surface area (Å²) in [5.74, 6) is -0.541. The highest BCUT2D eigenvalue weighted by Gasteiger charge is 2.24. The number of rotatable bonds is 4. The Hall–Kier alpha value is -2.15. The average molecular weight is 267 g/mol. The van der Waals surface area contributed by atoms with Crippen molar-refractivity contribution in [3.63, 3.8) is 0 Å². The van der Waals surface area contributed by atoms with Gasteiger partial charge in [-0.15, -0.1) is 11.3 Å². The molecule has 0 saturated carbocycles. The largest absolute Gasteiger partial charge is 0.491 e. The highest BCUT2D eigenvalue weighted by molar-refractivity contribution is 7.14. The number of anilines is 2. The summed E-state index contributed by atoms with van der Waals surface area (Å²) < 4.78 is 9.39. The fourth-order valence-electron chi connectivity index (χ4n) is 1.47. The minimum Gasteiger partial charge on any atom is -0.491 e. The van der Waals surface area contributed by atoms with Gasteiger partial charge in [-0.05, 0) is 11.4 Å². The Morgan fingerprint density at radius 2 is 2.00 bits per heavy atom. The third-order valence-corrected chi connectivity index (χ3v) is 3.21. The van der Waals surface area contributed by atoms with Gasteiger partial charge in [-0.1, -0.05) is 0 Å². The Kier molecular flexibility index (Phi) is 3.15. The van der Waals surface area contributed by atoms with Crippen LogP contribution in [0.3, 0.4) is 0 Å². The first-order valence-corrected chi connectivity index (χ1v) is 5.78. The molecule has 0 amide bonds. The molecule has 94 valence electrons. The van der Waals surface area contributed by atoms with Crippen LogP contribution in [-0.2, 0) is 4.74 Å². The topological polar surface area (TPSA) is 81.7 Å². The maximum absolute atomic E-state index is 11.4.